The summed E-state index contributed by atoms with van der Waals surface area (Å²) in [4.78, 5) is 0. The second-order valence-electron chi connectivity index (χ2n) is 4.17. The van der Waals surface area contributed by atoms with E-state index in [4.69, 9.17) is 16.0 Å². The van der Waals surface area contributed by atoms with Crippen molar-refractivity contribution in [2.75, 3.05) is 12.4 Å². The molecule has 0 bridgehead atoms. The fraction of sp³-hybridized carbons (Fsp3) is 0.545. The number of oxime groups is 1. The van der Waals surface area contributed by atoms with Crippen molar-refractivity contribution in [1.82, 2.24) is 10.2 Å². The normalized spacial score (nSPS) is 13.7. The monoisotopic (exact) mass is 270 g/mol. The van der Waals surface area contributed by atoms with Gasteiger partial charge in [0.25, 0.3) is 0 Å². The van der Waals surface area contributed by atoms with E-state index in [2.05, 4.69) is 15.4 Å². The number of amidine groups is 1. The molecule has 0 saturated carbocycles. The molecule has 18 heavy (non-hydrogen) atoms. The first kappa shape index (κ1) is 14.7. The first-order valence-electron chi connectivity index (χ1n) is 5.56. The van der Waals surface area contributed by atoms with Crippen molar-refractivity contribution in [1.29, 1.82) is 0 Å². The number of nitrogens with zero attached hydrogens (tertiary/aromatic N) is 3. The smallest absolute Gasteiger partial charge is 0.173 e. The molecule has 1 unspecified atom stereocenters. The molecule has 0 radical (unpaired) electrons. The van der Waals surface area contributed by atoms with Crippen molar-refractivity contribution in [2.45, 2.75) is 25.8 Å². The van der Waals surface area contributed by atoms with E-state index in [0.717, 1.165) is 11.3 Å². The number of rotatable bonds is 5. The lowest BCUT2D eigenvalue weighted by Gasteiger charge is -2.12. The standard InChI is InChI=1S/C11H18N4O2S/c1-6(4-16)5-18-11-9(10(12)15-17)7(2)8(3)13-14-11/h6,16-17H,4-5H2,1-3H3,(H2,12,15). The third kappa shape index (κ3) is 3.33. The fourth-order valence-corrected chi connectivity index (χ4v) is 2.36. The molecule has 0 saturated heterocycles. The van der Waals surface area contributed by atoms with E-state index in [0.29, 0.717) is 16.3 Å². The van der Waals surface area contributed by atoms with Crippen LogP contribution in [0.4, 0.5) is 0 Å². The van der Waals surface area contributed by atoms with E-state index < -0.39 is 0 Å². The molecule has 1 aromatic rings. The summed E-state index contributed by atoms with van der Waals surface area (Å²) >= 11 is 1.44. The van der Waals surface area contributed by atoms with Crippen molar-refractivity contribution in [3.05, 3.63) is 16.8 Å². The van der Waals surface area contributed by atoms with Crippen LogP contribution in [0.25, 0.3) is 0 Å². The molecule has 0 aromatic carbocycles. The Kier molecular flexibility index (Phi) is 5.36. The van der Waals surface area contributed by atoms with Gasteiger partial charge in [-0.2, -0.15) is 5.10 Å². The van der Waals surface area contributed by atoms with Gasteiger partial charge >= 0.3 is 0 Å². The highest BCUT2D eigenvalue weighted by Crippen LogP contribution is 2.25. The predicted octanol–water partition coefficient (Wildman–Crippen LogP) is 0.908. The Labute approximate surface area is 110 Å². The third-order valence-corrected chi connectivity index (χ3v) is 3.90. The van der Waals surface area contributed by atoms with Gasteiger partial charge in [-0.15, -0.1) is 16.9 Å². The number of hydrogen-bond donors (Lipinski definition) is 3. The predicted molar refractivity (Wildman–Crippen MR) is 71.0 cm³/mol. The molecule has 0 aliphatic rings. The zero-order chi connectivity index (χ0) is 13.7. The highest BCUT2D eigenvalue weighted by atomic mass is 32.2. The van der Waals surface area contributed by atoms with E-state index >= 15 is 0 Å². The van der Waals surface area contributed by atoms with Crippen molar-refractivity contribution < 1.29 is 10.3 Å². The Bertz CT molecular complexity index is 451. The lowest BCUT2D eigenvalue weighted by molar-refractivity contribution is 0.250. The molecule has 1 heterocycles. The molecule has 7 heteroatoms. The summed E-state index contributed by atoms with van der Waals surface area (Å²) in [5.74, 6) is 0.877. The van der Waals surface area contributed by atoms with E-state index in [-0.39, 0.29) is 18.4 Å². The lowest BCUT2D eigenvalue weighted by atomic mass is 10.1. The first-order chi connectivity index (χ1) is 8.51. The highest BCUT2D eigenvalue weighted by Gasteiger charge is 2.16. The Hall–Kier alpha value is -1.34. The van der Waals surface area contributed by atoms with Gasteiger partial charge in [-0.05, 0) is 25.3 Å². The van der Waals surface area contributed by atoms with Gasteiger partial charge in [0.05, 0.1) is 11.3 Å². The van der Waals surface area contributed by atoms with Crippen LogP contribution in [-0.4, -0.2) is 38.7 Å². The molecule has 0 aliphatic heterocycles. The number of aromatic nitrogens is 2. The van der Waals surface area contributed by atoms with Crippen LogP contribution in [0.5, 0.6) is 0 Å². The zero-order valence-corrected chi connectivity index (χ0v) is 11.5. The number of thioether (sulfide) groups is 1. The molecule has 0 amide bonds. The van der Waals surface area contributed by atoms with Gasteiger partial charge in [-0.1, -0.05) is 12.1 Å². The first-order valence-corrected chi connectivity index (χ1v) is 6.55. The van der Waals surface area contributed by atoms with Gasteiger partial charge in [0.2, 0.25) is 0 Å². The van der Waals surface area contributed by atoms with Crippen LogP contribution in [0.2, 0.25) is 0 Å². The summed E-state index contributed by atoms with van der Waals surface area (Å²) < 4.78 is 0. The largest absolute Gasteiger partial charge is 0.409 e. The molecule has 6 nitrogen and oxygen atoms in total. The van der Waals surface area contributed by atoms with Crippen molar-refractivity contribution in [3.8, 4) is 0 Å². The number of aliphatic hydroxyl groups is 1. The highest BCUT2D eigenvalue weighted by molar-refractivity contribution is 7.99. The van der Waals surface area contributed by atoms with Gasteiger partial charge in [0.15, 0.2) is 5.84 Å². The fourth-order valence-electron chi connectivity index (χ4n) is 1.31. The van der Waals surface area contributed by atoms with Crippen LogP contribution in [0.15, 0.2) is 10.2 Å². The molecule has 1 aromatic heterocycles. The Morgan fingerprint density at radius 1 is 1.44 bits per heavy atom. The van der Waals surface area contributed by atoms with Gasteiger partial charge in [0.1, 0.15) is 5.03 Å². The number of aryl methyl sites for hydroxylation is 1. The molecule has 1 atom stereocenters. The maximum Gasteiger partial charge on any atom is 0.173 e. The topological polar surface area (TPSA) is 105 Å². The van der Waals surface area contributed by atoms with Crippen molar-refractivity contribution >= 4 is 17.6 Å². The quantitative estimate of drug-likeness (QED) is 0.241. The molecular formula is C11H18N4O2S. The van der Waals surface area contributed by atoms with Crippen LogP contribution in [0.3, 0.4) is 0 Å². The van der Waals surface area contributed by atoms with Crippen LogP contribution < -0.4 is 5.73 Å². The van der Waals surface area contributed by atoms with Crippen molar-refractivity contribution in [3.63, 3.8) is 0 Å². The van der Waals surface area contributed by atoms with Crippen molar-refractivity contribution in [2.24, 2.45) is 16.8 Å². The summed E-state index contributed by atoms with van der Waals surface area (Å²) in [6.07, 6.45) is 0. The summed E-state index contributed by atoms with van der Waals surface area (Å²) in [5, 5.41) is 29.6. The minimum atomic E-state index is 0.0321. The van der Waals surface area contributed by atoms with Gasteiger partial charge in [0, 0.05) is 12.4 Å². The minimum Gasteiger partial charge on any atom is -0.409 e. The maximum absolute atomic E-state index is 9.00. The number of nitrogens with two attached hydrogens (primary N) is 1. The van der Waals surface area contributed by atoms with Crippen LogP contribution in [-0.2, 0) is 0 Å². The van der Waals surface area contributed by atoms with Crippen LogP contribution in [0, 0.1) is 19.8 Å². The molecule has 1 rings (SSSR count). The lowest BCUT2D eigenvalue weighted by Crippen LogP contribution is -2.18. The van der Waals surface area contributed by atoms with Gasteiger partial charge in [-0.3, -0.25) is 0 Å². The average molecular weight is 270 g/mol. The number of aliphatic hydroxyl groups excluding tert-OH is 1. The molecule has 0 fully saturated rings. The molecule has 0 aliphatic carbocycles. The summed E-state index contributed by atoms with van der Waals surface area (Å²) in [6, 6.07) is 0. The summed E-state index contributed by atoms with van der Waals surface area (Å²) in [5.41, 5.74) is 7.88. The zero-order valence-electron chi connectivity index (χ0n) is 10.7. The van der Waals surface area contributed by atoms with E-state index in [1.807, 2.05) is 20.8 Å². The van der Waals surface area contributed by atoms with Crippen LogP contribution in [0.1, 0.15) is 23.7 Å². The second kappa shape index (κ2) is 6.55. The van der Waals surface area contributed by atoms with E-state index in [1.54, 1.807) is 0 Å². The third-order valence-electron chi connectivity index (χ3n) is 2.60. The van der Waals surface area contributed by atoms with Gasteiger partial charge < -0.3 is 16.0 Å². The van der Waals surface area contributed by atoms with E-state index in [1.165, 1.54) is 11.8 Å². The number of hydrogen-bond acceptors (Lipinski definition) is 6. The summed E-state index contributed by atoms with van der Waals surface area (Å²) in [6.45, 7) is 5.73. The second-order valence-corrected chi connectivity index (χ2v) is 5.18. The average Bonchev–Trinajstić information content (AvgIpc) is 2.38. The summed E-state index contributed by atoms with van der Waals surface area (Å²) in [7, 11) is 0. The minimum absolute atomic E-state index is 0.0321. The Balaban J connectivity index is 3.08. The maximum atomic E-state index is 9.00. The Morgan fingerprint density at radius 2 is 2.11 bits per heavy atom. The Morgan fingerprint density at radius 3 is 2.67 bits per heavy atom. The van der Waals surface area contributed by atoms with E-state index in [9.17, 15) is 0 Å². The van der Waals surface area contributed by atoms with Gasteiger partial charge in [-0.25, -0.2) is 0 Å². The van der Waals surface area contributed by atoms with Crippen LogP contribution >= 0.6 is 11.8 Å². The molecule has 0 spiro atoms. The molecule has 4 N–H and O–H groups in total. The SMILES string of the molecule is Cc1nnc(SCC(C)CO)c(C(N)=NO)c1C. The molecule has 100 valence electrons. The molecular weight excluding hydrogens is 252 g/mol.